The Bertz CT molecular complexity index is 404. The fourth-order valence-corrected chi connectivity index (χ4v) is 1.24. The summed E-state index contributed by atoms with van der Waals surface area (Å²) in [5.41, 5.74) is 4.42. The molecule has 0 aliphatic carbocycles. The molecule has 1 aromatic carbocycles. The standard InChI is InChI=1S/C9H10F2N2O3.ClH/c10-9(11,5-14)8(12)6-3-1-2-4-7(6)13(15)16;/h1-4,8,14H,5,12H2;1H/t8-;/m1./s1. The van der Waals surface area contributed by atoms with Crippen LogP contribution >= 0.6 is 12.4 Å². The molecular weight excluding hydrogens is 258 g/mol. The number of nitrogens with two attached hydrogens (primary N) is 1. The van der Waals surface area contributed by atoms with Crippen molar-refractivity contribution in [3.05, 3.63) is 39.9 Å². The molecule has 3 N–H and O–H groups in total. The van der Waals surface area contributed by atoms with E-state index in [4.69, 9.17) is 10.8 Å². The SMILES string of the molecule is Cl.N[C@H](c1ccccc1[N+](=O)[O-])C(F)(F)CO. The van der Waals surface area contributed by atoms with Crippen LogP contribution in [0.25, 0.3) is 0 Å². The molecule has 8 heteroatoms. The van der Waals surface area contributed by atoms with Crippen LogP contribution in [0.15, 0.2) is 24.3 Å². The van der Waals surface area contributed by atoms with Gasteiger partial charge in [-0.1, -0.05) is 18.2 Å². The van der Waals surface area contributed by atoms with Crippen molar-refractivity contribution in [2.45, 2.75) is 12.0 Å². The third-order valence-corrected chi connectivity index (χ3v) is 2.13. The van der Waals surface area contributed by atoms with Crippen molar-refractivity contribution in [2.75, 3.05) is 6.61 Å². The summed E-state index contributed by atoms with van der Waals surface area (Å²) in [5, 5.41) is 19.0. The molecule has 0 aliphatic heterocycles. The Balaban J connectivity index is 0.00000256. The van der Waals surface area contributed by atoms with Crippen LogP contribution in [-0.4, -0.2) is 22.6 Å². The van der Waals surface area contributed by atoms with Crippen LogP contribution in [0.4, 0.5) is 14.5 Å². The number of para-hydroxylation sites is 1. The normalized spacial score (nSPS) is 12.7. The van der Waals surface area contributed by atoms with E-state index < -0.39 is 29.2 Å². The summed E-state index contributed by atoms with van der Waals surface area (Å²) in [6.45, 7) is -1.46. The summed E-state index contributed by atoms with van der Waals surface area (Å²) in [6, 6.07) is 3.05. The zero-order chi connectivity index (χ0) is 12.3. The first-order valence-electron chi connectivity index (χ1n) is 4.37. The largest absolute Gasteiger partial charge is 0.390 e. The summed E-state index contributed by atoms with van der Waals surface area (Å²) < 4.78 is 26.2. The molecule has 1 aromatic rings. The van der Waals surface area contributed by atoms with E-state index in [0.717, 1.165) is 12.1 Å². The Morgan fingerprint density at radius 1 is 1.47 bits per heavy atom. The van der Waals surface area contributed by atoms with Gasteiger partial charge in [0.25, 0.3) is 11.6 Å². The van der Waals surface area contributed by atoms with Gasteiger partial charge in [0.15, 0.2) is 0 Å². The maximum Gasteiger partial charge on any atom is 0.289 e. The molecule has 5 nitrogen and oxygen atoms in total. The summed E-state index contributed by atoms with van der Waals surface area (Å²) in [5.74, 6) is -3.59. The summed E-state index contributed by atoms with van der Waals surface area (Å²) in [6.07, 6.45) is 0. The van der Waals surface area contributed by atoms with E-state index in [0.29, 0.717) is 0 Å². The van der Waals surface area contributed by atoms with Gasteiger partial charge >= 0.3 is 0 Å². The number of hydrogen-bond acceptors (Lipinski definition) is 4. The van der Waals surface area contributed by atoms with Gasteiger partial charge < -0.3 is 10.8 Å². The minimum absolute atomic E-state index is 0. The van der Waals surface area contributed by atoms with Crippen molar-refractivity contribution in [3.8, 4) is 0 Å². The Kier molecular flexibility index (Phi) is 5.40. The van der Waals surface area contributed by atoms with Gasteiger partial charge in [-0.25, -0.2) is 8.78 Å². The van der Waals surface area contributed by atoms with Gasteiger partial charge in [0.1, 0.15) is 12.6 Å². The molecule has 0 unspecified atom stereocenters. The lowest BCUT2D eigenvalue weighted by Gasteiger charge is -2.21. The Morgan fingerprint density at radius 3 is 2.47 bits per heavy atom. The van der Waals surface area contributed by atoms with Crippen molar-refractivity contribution in [2.24, 2.45) is 5.73 Å². The van der Waals surface area contributed by atoms with Crippen molar-refractivity contribution < 1.29 is 18.8 Å². The second kappa shape index (κ2) is 5.85. The molecule has 1 atom stereocenters. The number of nitrogens with zero attached hydrogens (tertiary/aromatic N) is 1. The Hall–Kier alpha value is -1.31. The lowest BCUT2D eigenvalue weighted by atomic mass is 10.0. The fourth-order valence-electron chi connectivity index (χ4n) is 1.24. The minimum Gasteiger partial charge on any atom is -0.390 e. The lowest BCUT2D eigenvalue weighted by molar-refractivity contribution is -0.386. The molecule has 0 bridgehead atoms. The van der Waals surface area contributed by atoms with Gasteiger partial charge in [-0.05, 0) is 0 Å². The van der Waals surface area contributed by atoms with Crippen LogP contribution in [-0.2, 0) is 0 Å². The van der Waals surface area contributed by atoms with Crippen molar-refractivity contribution >= 4 is 18.1 Å². The van der Waals surface area contributed by atoms with Crippen LogP contribution in [0, 0.1) is 10.1 Å². The van der Waals surface area contributed by atoms with E-state index in [1.165, 1.54) is 12.1 Å². The molecule has 0 fully saturated rings. The number of halogens is 3. The highest BCUT2D eigenvalue weighted by Gasteiger charge is 2.40. The first kappa shape index (κ1) is 15.7. The van der Waals surface area contributed by atoms with E-state index in [9.17, 15) is 18.9 Å². The smallest absolute Gasteiger partial charge is 0.289 e. The predicted octanol–water partition coefficient (Wildman–Crippen LogP) is 1.64. The highest BCUT2D eigenvalue weighted by molar-refractivity contribution is 5.85. The maximum absolute atomic E-state index is 13.1. The molecule has 0 saturated carbocycles. The van der Waals surface area contributed by atoms with Crippen LogP contribution in [0.2, 0.25) is 0 Å². The zero-order valence-electron chi connectivity index (χ0n) is 8.55. The highest BCUT2D eigenvalue weighted by atomic mass is 35.5. The van der Waals surface area contributed by atoms with E-state index in [1.54, 1.807) is 0 Å². The van der Waals surface area contributed by atoms with E-state index in [2.05, 4.69) is 0 Å². The number of rotatable bonds is 4. The second-order valence-corrected chi connectivity index (χ2v) is 3.21. The van der Waals surface area contributed by atoms with Gasteiger partial charge in [0, 0.05) is 6.07 Å². The molecule has 0 aliphatic rings. The summed E-state index contributed by atoms with van der Waals surface area (Å²) in [7, 11) is 0. The molecule has 0 aromatic heterocycles. The van der Waals surface area contributed by atoms with Crippen LogP contribution in [0.5, 0.6) is 0 Å². The summed E-state index contributed by atoms with van der Waals surface area (Å²) >= 11 is 0. The van der Waals surface area contributed by atoms with Crippen LogP contribution in [0.1, 0.15) is 11.6 Å². The molecule has 0 amide bonds. The lowest BCUT2D eigenvalue weighted by Crippen LogP contribution is -2.36. The number of benzene rings is 1. The number of aliphatic hydroxyl groups is 1. The second-order valence-electron chi connectivity index (χ2n) is 3.21. The highest BCUT2D eigenvalue weighted by Crippen LogP contribution is 2.33. The number of alkyl halides is 2. The average molecular weight is 269 g/mol. The molecule has 0 heterocycles. The molecule has 0 spiro atoms. The van der Waals surface area contributed by atoms with Gasteiger partial charge in [0.05, 0.1) is 10.5 Å². The minimum atomic E-state index is -3.59. The average Bonchev–Trinajstić information content (AvgIpc) is 2.28. The number of hydrogen-bond donors (Lipinski definition) is 2. The van der Waals surface area contributed by atoms with E-state index in [-0.39, 0.29) is 18.0 Å². The fraction of sp³-hybridized carbons (Fsp3) is 0.333. The molecular formula is C9H11ClF2N2O3. The quantitative estimate of drug-likeness (QED) is 0.642. The Morgan fingerprint density at radius 2 is 2.00 bits per heavy atom. The van der Waals surface area contributed by atoms with E-state index >= 15 is 0 Å². The molecule has 1 rings (SSSR count). The van der Waals surface area contributed by atoms with Crippen LogP contribution < -0.4 is 5.73 Å². The first-order valence-corrected chi connectivity index (χ1v) is 4.37. The van der Waals surface area contributed by atoms with Crippen molar-refractivity contribution in [1.82, 2.24) is 0 Å². The van der Waals surface area contributed by atoms with Gasteiger partial charge in [0.2, 0.25) is 0 Å². The topological polar surface area (TPSA) is 89.4 Å². The third-order valence-electron chi connectivity index (χ3n) is 2.13. The molecule has 0 saturated heterocycles. The zero-order valence-corrected chi connectivity index (χ0v) is 9.36. The third kappa shape index (κ3) is 3.32. The molecule has 96 valence electrons. The monoisotopic (exact) mass is 268 g/mol. The van der Waals surface area contributed by atoms with Gasteiger partial charge in [-0.3, -0.25) is 10.1 Å². The number of nitro benzene ring substituents is 1. The van der Waals surface area contributed by atoms with E-state index in [1.807, 2.05) is 0 Å². The van der Waals surface area contributed by atoms with Crippen LogP contribution in [0.3, 0.4) is 0 Å². The molecule has 0 radical (unpaired) electrons. The maximum atomic E-state index is 13.1. The van der Waals surface area contributed by atoms with Gasteiger partial charge in [-0.15, -0.1) is 12.4 Å². The number of aliphatic hydroxyl groups excluding tert-OH is 1. The number of nitro groups is 1. The predicted molar refractivity (Wildman–Crippen MR) is 59.3 cm³/mol. The summed E-state index contributed by atoms with van der Waals surface area (Å²) in [4.78, 5) is 9.80. The first-order chi connectivity index (χ1) is 7.40. The van der Waals surface area contributed by atoms with Crippen molar-refractivity contribution in [1.29, 1.82) is 0 Å². The molecule has 17 heavy (non-hydrogen) atoms. The Labute approximate surface area is 102 Å². The van der Waals surface area contributed by atoms with Gasteiger partial charge in [-0.2, -0.15) is 0 Å². The van der Waals surface area contributed by atoms with Crippen molar-refractivity contribution in [3.63, 3.8) is 0 Å².